The monoisotopic (exact) mass is 378 g/mol. The Hall–Kier alpha value is -3.56. The van der Waals surface area contributed by atoms with Crippen LogP contribution < -0.4 is 4.43 Å². The van der Waals surface area contributed by atoms with Crippen LogP contribution in [0.25, 0.3) is 11.0 Å². The summed E-state index contributed by atoms with van der Waals surface area (Å²) in [5, 5.41) is 12.4. The van der Waals surface area contributed by atoms with E-state index >= 15 is 0 Å². The summed E-state index contributed by atoms with van der Waals surface area (Å²) >= 11 is 0. The van der Waals surface area contributed by atoms with E-state index < -0.39 is 40.6 Å². The highest BCUT2D eigenvalue weighted by molar-refractivity contribution is 6.06. The topological polar surface area (TPSA) is 107 Å². The van der Waals surface area contributed by atoms with Gasteiger partial charge in [0.25, 0.3) is 17.7 Å². The summed E-state index contributed by atoms with van der Waals surface area (Å²) in [5.74, 6) is -2.34. The highest BCUT2D eigenvalue weighted by Crippen LogP contribution is 2.26. The van der Waals surface area contributed by atoms with Crippen LogP contribution in [-0.2, 0) is 4.74 Å². The van der Waals surface area contributed by atoms with Crippen LogP contribution in [0.1, 0.15) is 45.6 Å². The number of nitrogens with zero attached hydrogens (tertiary/aromatic N) is 2. The number of halogens is 2. The predicted octanol–water partition coefficient (Wildman–Crippen LogP) is 2.84. The molecule has 27 heavy (non-hydrogen) atoms. The number of hydrogen-bond acceptors (Lipinski definition) is 6. The van der Waals surface area contributed by atoms with Gasteiger partial charge in [0, 0.05) is 11.0 Å². The van der Waals surface area contributed by atoms with Crippen molar-refractivity contribution in [2.45, 2.75) is 13.3 Å². The molecule has 0 aliphatic rings. The minimum Gasteiger partial charge on any atom is -0.805 e. The molecule has 10 heteroatoms. The number of furan rings is 1. The van der Waals surface area contributed by atoms with Crippen LogP contribution in [0.5, 0.6) is 0 Å². The summed E-state index contributed by atoms with van der Waals surface area (Å²) in [7, 11) is 0. The highest BCUT2D eigenvalue weighted by Gasteiger charge is 2.35. The third-order valence-electron chi connectivity index (χ3n) is 3.76. The molecule has 0 bridgehead atoms. The maximum Gasteiger partial charge on any atom is 0.339 e. The van der Waals surface area contributed by atoms with Gasteiger partial charge in [0.2, 0.25) is 0 Å². The average molecular weight is 378 g/mol. The Morgan fingerprint density at radius 1 is 1.33 bits per heavy atom. The molecule has 0 amide bonds. The van der Waals surface area contributed by atoms with Gasteiger partial charge in [-0.25, -0.2) is 13.6 Å². The van der Waals surface area contributed by atoms with Crippen LogP contribution >= 0.6 is 0 Å². The fourth-order valence-corrected chi connectivity index (χ4v) is 2.57. The van der Waals surface area contributed by atoms with Gasteiger partial charge in [-0.15, -0.1) is 0 Å². The number of esters is 1. The van der Waals surface area contributed by atoms with E-state index in [1.54, 1.807) is 6.92 Å². The van der Waals surface area contributed by atoms with E-state index in [1.165, 1.54) is 12.1 Å². The van der Waals surface area contributed by atoms with Gasteiger partial charge in [0.05, 0.1) is 22.9 Å². The van der Waals surface area contributed by atoms with E-state index in [0.29, 0.717) is 0 Å². The Labute approximate surface area is 149 Å². The minimum absolute atomic E-state index is 0.0718. The van der Waals surface area contributed by atoms with E-state index in [1.807, 2.05) is 0 Å². The smallest absolute Gasteiger partial charge is 0.339 e. The van der Waals surface area contributed by atoms with Gasteiger partial charge < -0.3 is 19.1 Å². The maximum absolute atomic E-state index is 13.5. The summed E-state index contributed by atoms with van der Waals surface area (Å²) in [6.45, 7) is 1.65. The molecule has 140 valence electrons. The molecule has 0 atom stereocenters. The molecule has 0 aliphatic heterocycles. The van der Waals surface area contributed by atoms with E-state index in [0.717, 1.165) is 24.5 Å². The zero-order valence-electron chi connectivity index (χ0n) is 13.8. The summed E-state index contributed by atoms with van der Waals surface area (Å²) in [5.41, 5.74) is -3.32. The molecule has 3 rings (SSSR count). The number of aromatic nitrogens is 2. The Kier molecular flexibility index (Phi) is 4.72. The second-order valence-electron chi connectivity index (χ2n) is 5.35. The molecule has 2 aromatic heterocycles. The van der Waals surface area contributed by atoms with Crippen LogP contribution in [0.2, 0.25) is 0 Å². The van der Waals surface area contributed by atoms with Crippen molar-refractivity contribution in [3.05, 3.63) is 69.4 Å². The second kappa shape index (κ2) is 6.98. The molecule has 3 aromatic rings. The van der Waals surface area contributed by atoms with Crippen molar-refractivity contribution in [1.82, 2.24) is 4.73 Å². The van der Waals surface area contributed by atoms with Gasteiger partial charge in [0.15, 0.2) is 11.5 Å². The fraction of sp³-hybridized carbons (Fsp3) is 0.176. The number of hydrogen-bond donors (Lipinski definition) is 0. The predicted molar refractivity (Wildman–Crippen MR) is 87.1 cm³/mol. The molecule has 1 aromatic carbocycles. The van der Waals surface area contributed by atoms with Crippen LogP contribution in [-0.4, -0.2) is 23.1 Å². The van der Waals surface area contributed by atoms with Crippen LogP contribution in [0.4, 0.5) is 8.78 Å². The number of fused-ring (bicyclic) bond motifs is 1. The molecule has 0 N–H and O–H groups in total. The number of ether oxygens (including phenoxy) is 1. The fourth-order valence-electron chi connectivity index (χ4n) is 2.57. The number of carbonyl (C=O) groups excluding carboxylic acids is 2. The molecule has 8 nitrogen and oxygen atoms in total. The second-order valence-corrected chi connectivity index (χ2v) is 5.35. The number of benzene rings is 1. The molecule has 2 heterocycles. The molecule has 0 aliphatic carbocycles. The minimum atomic E-state index is -3.40. The van der Waals surface area contributed by atoms with Gasteiger partial charge in [-0.05, 0) is 31.2 Å². The lowest BCUT2D eigenvalue weighted by atomic mass is 10.1. The van der Waals surface area contributed by atoms with Crippen molar-refractivity contribution >= 4 is 22.8 Å². The first-order valence-electron chi connectivity index (χ1n) is 7.73. The van der Waals surface area contributed by atoms with Crippen molar-refractivity contribution in [1.29, 1.82) is 0 Å². The number of ketones is 1. The lowest BCUT2D eigenvalue weighted by Crippen LogP contribution is -2.32. The largest absolute Gasteiger partial charge is 0.805 e. The van der Waals surface area contributed by atoms with Crippen molar-refractivity contribution in [3.8, 4) is 0 Å². The quantitative estimate of drug-likeness (QED) is 0.384. The van der Waals surface area contributed by atoms with Gasteiger partial charge >= 0.3 is 11.7 Å². The Balaban J connectivity index is 2.34. The van der Waals surface area contributed by atoms with Crippen molar-refractivity contribution in [2.24, 2.45) is 0 Å². The standard InChI is InChI=1S/C17H12F2N2O6/c1-2-26-17(23)9-5-6-10-11(8-9)21(25)13(14(16(18)19)20(10)24)15(22)12-4-3-7-27-12/h3-8,16H,2H2,1H3. The first-order valence-corrected chi connectivity index (χ1v) is 7.73. The van der Waals surface area contributed by atoms with Crippen molar-refractivity contribution < 1.29 is 32.0 Å². The third-order valence-corrected chi connectivity index (χ3v) is 3.76. The highest BCUT2D eigenvalue weighted by atomic mass is 19.3. The first kappa shape index (κ1) is 18.2. The third kappa shape index (κ3) is 3.05. The zero-order valence-corrected chi connectivity index (χ0v) is 13.8. The molecular weight excluding hydrogens is 366 g/mol. The summed E-state index contributed by atoms with van der Waals surface area (Å²) in [4.78, 5) is 37.0. The maximum atomic E-state index is 13.5. The molecular formula is C17H12F2N2O6. The van der Waals surface area contributed by atoms with Gasteiger partial charge in [0.1, 0.15) is 5.52 Å². The van der Waals surface area contributed by atoms with Crippen molar-refractivity contribution in [3.63, 3.8) is 0 Å². The summed E-state index contributed by atoms with van der Waals surface area (Å²) < 4.78 is 36.3. The molecule has 0 radical (unpaired) electrons. The normalized spacial score (nSPS) is 11.1. The lowest BCUT2D eigenvalue weighted by Gasteiger charge is -2.18. The average Bonchev–Trinajstić information content (AvgIpc) is 3.18. The van der Waals surface area contributed by atoms with Gasteiger partial charge in [-0.2, -0.15) is 0 Å². The summed E-state index contributed by atoms with van der Waals surface area (Å²) in [6, 6.07) is 5.71. The number of rotatable bonds is 5. The molecule has 0 unspecified atom stereocenters. The molecule has 0 fully saturated rings. The molecule has 0 saturated carbocycles. The Morgan fingerprint density at radius 2 is 2.07 bits per heavy atom. The number of alkyl halides is 2. The van der Waals surface area contributed by atoms with Gasteiger partial charge in [-0.3, -0.25) is 4.79 Å². The number of carbonyl (C=O) groups is 2. The lowest BCUT2D eigenvalue weighted by molar-refractivity contribution is -0.468. The molecule has 0 spiro atoms. The Bertz CT molecular complexity index is 1090. The van der Waals surface area contributed by atoms with Crippen LogP contribution in [0.15, 0.2) is 41.0 Å². The molecule has 0 saturated heterocycles. The first-order chi connectivity index (χ1) is 12.9. The van der Waals surface area contributed by atoms with E-state index in [-0.39, 0.29) is 27.1 Å². The van der Waals surface area contributed by atoms with E-state index in [2.05, 4.69) is 0 Å². The van der Waals surface area contributed by atoms with Crippen LogP contribution in [0.3, 0.4) is 0 Å². The van der Waals surface area contributed by atoms with E-state index in [4.69, 9.17) is 9.15 Å². The SMILES string of the molecule is CCOC(=O)c1ccc2c(c1)[n+](=O)c(C(=O)c1ccco1)c(C(F)F)n2[O-]. The van der Waals surface area contributed by atoms with Crippen molar-refractivity contribution in [2.75, 3.05) is 6.61 Å². The Morgan fingerprint density at radius 3 is 2.67 bits per heavy atom. The van der Waals surface area contributed by atoms with Crippen LogP contribution in [0, 0.1) is 10.1 Å². The van der Waals surface area contributed by atoms with E-state index in [9.17, 15) is 28.5 Å². The van der Waals surface area contributed by atoms with Gasteiger partial charge in [-0.1, -0.05) is 0 Å². The summed E-state index contributed by atoms with van der Waals surface area (Å²) in [6.07, 6.45) is -2.28. The zero-order chi connectivity index (χ0) is 19.7.